The van der Waals surface area contributed by atoms with Crippen LogP contribution in [0.5, 0.6) is 0 Å². The van der Waals surface area contributed by atoms with E-state index in [4.69, 9.17) is 0 Å². The van der Waals surface area contributed by atoms with Crippen LogP contribution in [-0.4, -0.2) is 0 Å². The topological polar surface area (TPSA) is 0 Å². The summed E-state index contributed by atoms with van der Waals surface area (Å²) in [6, 6.07) is 24.2. The molecule has 0 saturated carbocycles. The first kappa shape index (κ1) is 14.0. The largest absolute Gasteiger partial charge is 0.0992 e. The standard InChI is InChI=1S/C23H20/c1-15(2)23-21-11-7-6-10-19(21)20-13-12-17(14-22(20)23)18-9-5-4-8-16(18)3/h4-14,23H,1H2,2-3H3. The summed E-state index contributed by atoms with van der Waals surface area (Å²) in [6.45, 7) is 8.56. The molecule has 0 saturated heterocycles. The zero-order chi connectivity index (χ0) is 16.0. The summed E-state index contributed by atoms with van der Waals surface area (Å²) in [7, 11) is 0. The molecule has 0 nitrogen and oxygen atoms in total. The first-order valence-electron chi connectivity index (χ1n) is 8.11. The fourth-order valence-electron chi connectivity index (χ4n) is 3.80. The molecule has 0 fully saturated rings. The van der Waals surface area contributed by atoms with Crippen LogP contribution in [-0.2, 0) is 0 Å². The molecule has 0 spiro atoms. The predicted octanol–water partition coefficient (Wildman–Crippen LogP) is 6.35. The third-order valence-corrected chi connectivity index (χ3v) is 4.87. The Kier molecular flexibility index (Phi) is 3.20. The summed E-state index contributed by atoms with van der Waals surface area (Å²) in [4.78, 5) is 0. The molecule has 0 amide bonds. The summed E-state index contributed by atoms with van der Waals surface area (Å²) in [6.07, 6.45) is 0. The van der Waals surface area contributed by atoms with Gasteiger partial charge in [-0.1, -0.05) is 72.8 Å². The highest BCUT2D eigenvalue weighted by Crippen LogP contribution is 2.48. The van der Waals surface area contributed by atoms with Crippen molar-refractivity contribution in [2.75, 3.05) is 0 Å². The van der Waals surface area contributed by atoms with Crippen LogP contribution in [0, 0.1) is 6.92 Å². The van der Waals surface area contributed by atoms with E-state index >= 15 is 0 Å². The van der Waals surface area contributed by atoms with Crippen LogP contribution >= 0.6 is 0 Å². The number of benzene rings is 3. The highest BCUT2D eigenvalue weighted by atomic mass is 14.3. The van der Waals surface area contributed by atoms with Crippen molar-refractivity contribution in [3.63, 3.8) is 0 Å². The fourth-order valence-corrected chi connectivity index (χ4v) is 3.80. The number of hydrogen-bond donors (Lipinski definition) is 0. The first-order valence-corrected chi connectivity index (χ1v) is 8.11. The van der Waals surface area contributed by atoms with Crippen LogP contribution in [0.25, 0.3) is 22.3 Å². The minimum Gasteiger partial charge on any atom is -0.0992 e. The number of allylic oxidation sites excluding steroid dienone is 1. The lowest BCUT2D eigenvalue weighted by Gasteiger charge is -2.15. The molecule has 0 radical (unpaired) electrons. The molecule has 3 aromatic rings. The van der Waals surface area contributed by atoms with E-state index in [1.54, 1.807) is 0 Å². The molecule has 1 atom stereocenters. The molecule has 0 heterocycles. The van der Waals surface area contributed by atoms with E-state index in [1.165, 1.54) is 44.5 Å². The molecular formula is C23H20. The minimum atomic E-state index is 0.310. The molecule has 0 N–H and O–H groups in total. The average molecular weight is 296 g/mol. The van der Waals surface area contributed by atoms with Gasteiger partial charge in [-0.05, 0) is 58.9 Å². The Morgan fingerprint density at radius 3 is 2.17 bits per heavy atom. The van der Waals surface area contributed by atoms with E-state index in [0.717, 1.165) is 0 Å². The Hall–Kier alpha value is -2.60. The van der Waals surface area contributed by atoms with Crippen LogP contribution < -0.4 is 0 Å². The maximum absolute atomic E-state index is 4.25. The summed E-state index contributed by atoms with van der Waals surface area (Å²) >= 11 is 0. The maximum Gasteiger partial charge on any atom is 0.0306 e. The molecule has 4 rings (SSSR count). The van der Waals surface area contributed by atoms with Crippen LogP contribution in [0.3, 0.4) is 0 Å². The van der Waals surface area contributed by atoms with Crippen molar-refractivity contribution in [1.29, 1.82) is 0 Å². The van der Waals surface area contributed by atoms with Gasteiger partial charge >= 0.3 is 0 Å². The number of hydrogen-bond acceptors (Lipinski definition) is 0. The van der Waals surface area contributed by atoms with Gasteiger partial charge in [0.1, 0.15) is 0 Å². The number of fused-ring (bicyclic) bond motifs is 3. The van der Waals surface area contributed by atoms with Gasteiger partial charge in [-0.2, -0.15) is 0 Å². The molecule has 0 heteroatoms. The minimum absolute atomic E-state index is 0.310. The smallest absolute Gasteiger partial charge is 0.0306 e. The fraction of sp³-hybridized carbons (Fsp3) is 0.130. The molecule has 0 bridgehead atoms. The maximum atomic E-state index is 4.25. The zero-order valence-corrected chi connectivity index (χ0v) is 13.6. The molecule has 0 aliphatic heterocycles. The highest BCUT2D eigenvalue weighted by molar-refractivity contribution is 5.83. The Balaban J connectivity index is 1.94. The molecule has 112 valence electrons. The normalized spacial score (nSPS) is 15.1. The van der Waals surface area contributed by atoms with Crippen molar-refractivity contribution >= 4 is 0 Å². The van der Waals surface area contributed by atoms with Gasteiger partial charge in [-0.3, -0.25) is 0 Å². The van der Waals surface area contributed by atoms with Gasteiger partial charge in [0.15, 0.2) is 0 Å². The van der Waals surface area contributed by atoms with E-state index in [1.807, 2.05) is 0 Å². The lowest BCUT2D eigenvalue weighted by Crippen LogP contribution is -1.97. The second-order valence-corrected chi connectivity index (χ2v) is 6.48. The zero-order valence-electron chi connectivity index (χ0n) is 13.6. The van der Waals surface area contributed by atoms with Gasteiger partial charge in [0.2, 0.25) is 0 Å². The third-order valence-electron chi connectivity index (χ3n) is 4.87. The third kappa shape index (κ3) is 2.14. The van der Waals surface area contributed by atoms with E-state index < -0.39 is 0 Å². The van der Waals surface area contributed by atoms with Crippen molar-refractivity contribution in [3.8, 4) is 22.3 Å². The molecule has 1 aliphatic carbocycles. The second-order valence-electron chi connectivity index (χ2n) is 6.48. The number of rotatable bonds is 2. The Labute approximate surface area is 138 Å². The highest BCUT2D eigenvalue weighted by Gasteiger charge is 2.29. The molecule has 3 aromatic carbocycles. The van der Waals surface area contributed by atoms with Crippen LogP contribution in [0.1, 0.15) is 29.5 Å². The SMILES string of the molecule is C=C(C)C1c2ccccc2-c2ccc(-c3ccccc3C)cc21. The van der Waals surface area contributed by atoms with Gasteiger partial charge in [-0.15, -0.1) is 0 Å². The second kappa shape index (κ2) is 5.24. The van der Waals surface area contributed by atoms with E-state index in [-0.39, 0.29) is 0 Å². The van der Waals surface area contributed by atoms with Gasteiger partial charge < -0.3 is 0 Å². The lowest BCUT2D eigenvalue weighted by atomic mass is 9.89. The molecule has 1 aliphatic rings. The quantitative estimate of drug-likeness (QED) is 0.483. The van der Waals surface area contributed by atoms with E-state index in [9.17, 15) is 0 Å². The molecular weight excluding hydrogens is 276 g/mol. The summed E-state index contributed by atoms with van der Waals surface area (Å²) in [5.74, 6) is 0.310. The van der Waals surface area contributed by atoms with Crippen molar-refractivity contribution < 1.29 is 0 Å². The van der Waals surface area contributed by atoms with Crippen molar-refractivity contribution in [1.82, 2.24) is 0 Å². The Morgan fingerprint density at radius 2 is 1.43 bits per heavy atom. The summed E-state index contributed by atoms with van der Waals surface area (Å²) < 4.78 is 0. The van der Waals surface area contributed by atoms with Crippen molar-refractivity contribution in [3.05, 3.63) is 95.6 Å². The lowest BCUT2D eigenvalue weighted by molar-refractivity contribution is 0.987. The van der Waals surface area contributed by atoms with Crippen LogP contribution in [0.15, 0.2) is 78.9 Å². The summed E-state index contributed by atoms with van der Waals surface area (Å²) in [5, 5.41) is 0. The summed E-state index contributed by atoms with van der Waals surface area (Å²) in [5.41, 5.74) is 10.6. The van der Waals surface area contributed by atoms with Gasteiger partial charge in [0.05, 0.1) is 0 Å². The van der Waals surface area contributed by atoms with Crippen LogP contribution in [0.2, 0.25) is 0 Å². The monoisotopic (exact) mass is 296 g/mol. The first-order chi connectivity index (χ1) is 11.2. The Morgan fingerprint density at radius 1 is 0.783 bits per heavy atom. The van der Waals surface area contributed by atoms with Gasteiger partial charge in [0, 0.05) is 5.92 Å². The molecule has 0 aromatic heterocycles. The molecule has 1 unspecified atom stereocenters. The Bertz CT molecular complexity index is 915. The average Bonchev–Trinajstić information content (AvgIpc) is 2.89. The van der Waals surface area contributed by atoms with E-state index in [0.29, 0.717) is 5.92 Å². The van der Waals surface area contributed by atoms with E-state index in [2.05, 4.69) is 87.2 Å². The van der Waals surface area contributed by atoms with Crippen molar-refractivity contribution in [2.45, 2.75) is 19.8 Å². The predicted molar refractivity (Wildman–Crippen MR) is 98.7 cm³/mol. The number of aryl methyl sites for hydroxylation is 1. The van der Waals surface area contributed by atoms with Gasteiger partial charge in [-0.25, -0.2) is 0 Å². The van der Waals surface area contributed by atoms with Gasteiger partial charge in [0.25, 0.3) is 0 Å². The molecule has 23 heavy (non-hydrogen) atoms. The van der Waals surface area contributed by atoms with Crippen molar-refractivity contribution in [2.24, 2.45) is 0 Å². The van der Waals surface area contributed by atoms with Crippen LogP contribution in [0.4, 0.5) is 0 Å².